The van der Waals surface area contributed by atoms with E-state index in [0.717, 1.165) is 18.8 Å². The van der Waals surface area contributed by atoms with E-state index in [2.05, 4.69) is 14.9 Å². The molecule has 0 saturated heterocycles. The Morgan fingerprint density at radius 3 is 2.71 bits per heavy atom. The smallest absolute Gasteiger partial charge is 0.242 e. The Bertz CT molecular complexity index is 564. The molecule has 0 atom stereocenters. The molecule has 0 bridgehead atoms. The molecule has 120 valence electrons. The minimum absolute atomic E-state index is 0.351. The average molecular weight is 314 g/mol. The maximum Gasteiger partial charge on any atom is 0.242 e. The summed E-state index contributed by atoms with van der Waals surface area (Å²) in [4.78, 5) is 2.57. The van der Waals surface area contributed by atoms with Gasteiger partial charge in [0.25, 0.3) is 0 Å². The molecule has 1 aromatic rings. The summed E-state index contributed by atoms with van der Waals surface area (Å²) < 4.78 is 29.3. The lowest BCUT2D eigenvalue weighted by atomic mass is 10.4. The van der Waals surface area contributed by atoms with Crippen LogP contribution in [0.15, 0.2) is 17.2 Å². The zero-order chi connectivity index (χ0) is 15.5. The molecule has 1 aliphatic carbocycles. The quantitative estimate of drug-likeness (QED) is 0.700. The van der Waals surface area contributed by atoms with Gasteiger partial charge >= 0.3 is 0 Å². The number of likely N-dealkylation sites (N-methyl/N-ethyl adjacent to an activating group) is 1. The molecule has 21 heavy (non-hydrogen) atoms. The van der Waals surface area contributed by atoms with E-state index in [-0.39, 0.29) is 0 Å². The first-order valence-corrected chi connectivity index (χ1v) is 8.99. The highest BCUT2D eigenvalue weighted by Gasteiger charge is 2.26. The fourth-order valence-corrected chi connectivity index (χ4v) is 3.52. The van der Waals surface area contributed by atoms with Gasteiger partial charge in [-0.25, -0.2) is 13.1 Å². The van der Waals surface area contributed by atoms with E-state index in [1.165, 1.54) is 12.8 Å². The number of hydrogen-bond donors (Lipinski definition) is 2. The molecule has 1 aliphatic rings. The third-order valence-corrected chi connectivity index (χ3v) is 5.32. The minimum Gasteiger partial charge on any atom is -0.349 e. The molecule has 0 unspecified atom stereocenters. The average Bonchev–Trinajstić information content (AvgIpc) is 3.20. The van der Waals surface area contributed by atoms with Crippen molar-refractivity contribution in [3.63, 3.8) is 0 Å². The van der Waals surface area contributed by atoms with Crippen LogP contribution in [0.5, 0.6) is 0 Å². The second-order valence-corrected chi connectivity index (χ2v) is 7.36. The highest BCUT2D eigenvalue weighted by atomic mass is 32.2. The molecule has 7 heteroatoms. The van der Waals surface area contributed by atoms with Crippen molar-refractivity contribution in [2.45, 2.75) is 43.8 Å². The highest BCUT2D eigenvalue weighted by molar-refractivity contribution is 7.89. The number of sulfonamides is 1. The number of nitrogens with one attached hydrogen (secondary N) is 2. The van der Waals surface area contributed by atoms with Crippen LogP contribution in [0, 0.1) is 0 Å². The van der Waals surface area contributed by atoms with Crippen LogP contribution in [0.2, 0.25) is 0 Å². The molecule has 0 amide bonds. The summed E-state index contributed by atoms with van der Waals surface area (Å²) in [6.07, 6.45) is 4.17. The number of hydrogen-bond acceptors (Lipinski definition) is 4. The Balaban J connectivity index is 1.97. The normalized spacial score (nSPS) is 15.8. The van der Waals surface area contributed by atoms with Gasteiger partial charge in [-0.05, 0) is 39.9 Å². The largest absolute Gasteiger partial charge is 0.349 e. The van der Waals surface area contributed by atoms with Gasteiger partial charge in [-0.2, -0.15) is 0 Å². The van der Waals surface area contributed by atoms with Gasteiger partial charge in [0.15, 0.2) is 0 Å². The van der Waals surface area contributed by atoms with E-state index in [1.807, 2.05) is 25.6 Å². The van der Waals surface area contributed by atoms with Gasteiger partial charge in [-0.15, -0.1) is 0 Å². The third-order valence-electron chi connectivity index (χ3n) is 3.90. The van der Waals surface area contributed by atoms with Crippen molar-refractivity contribution in [3.8, 4) is 0 Å². The van der Waals surface area contributed by atoms with Gasteiger partial charge in [0.2, 0.25) is 10.0 Å². The Kier molecular flexibility index (Phi) is 5.43. The standard InChI is InChI=1S/C14H26N4O2S/c1-4-18-11-14(9-13(18)10-15-2)21(19,20)16-7-8-17(3)12-5-6-12/h9,11-12,15-16H,4-8,10H2,1-3H3. The molecule has 2 N–H and O–H groups in total. The van der Waals surface area contributed by atoms with Gasteiger partial charge < -0.3 is 14.8 Å². The lowest BCUT2D eigenvalue weighted by molar-refractivity contribution is 0.329. The van der Waals surface area contributed by atoms with E-state index in [4.69, 9.17) is 0 Å². The summed E-state index contributed by atoms with van der Waals surface area (Å²) in [5.74, 6) is 0. The number of nitrogens with zero attached hydrogens (tertiary/aromatic N) is 2. The van der Waals surface area contributed by atoms with Crippen molar-refractivity contribution in [2.24, 2.45) is 0 Å². The van der Waals surface area contributed by atoms with E-state index in [0.29, 0.717) is 24.0 Å². The highest BCUT2D eigenvalue weighted by Crippen LogP contribution is 2.24. The Labute approximate surface area is 127 Å². The topological polar surface area (TPSA) is 66.4 Å². The molecule has 1 aromatic heterocycles. The summed E-state index contributed by atoms with van der Waals surface area (Å²) >= 11 is 0. The van der Waals surface area contributed by atoms with Gasteiger partial charge in [0.05, 0.1) is 4.90 Å². The predicted octanol–water partition coefficient (Wildman–Crippen LogP) is 0.600. The molecule has 2 rings (SSSR count). The molecule has 1 heterocycles. The molecule has 1 saturated carbocycles. The first kappa shape index (κ1) is 16.5. The zero-order valence-corrected chi connectivity index (χ0v) is 13.9. The first-order valence-electron chi connectivity index (χ1n) is 7.51. The van der Waals surface area contributed by atoms with Crippen molar-refractivity contribution in [2.75, 3.05) is 27.2 Å². The minimum atomic E-state index is -3.42. The number of rotatable bonds is 9. The summed E-state index contributed by atoms with van der Waals surface area (Å²) in [6, 6.07) is 2.39. The van der Waals surface area contributed by atoms with Gasteiger partial charge in [-0.3, -0.25) is 0 Å². The first-order chi connectivity index (χ1) is 9.97. The lowest BCUT2D eigenvalue weighted by Crippen LogP contribution is -2.33. The molecule has 6 nitrogen and oxygen atoms in total. The van der Waals surface area contributed by atoms with Crippen molar-refractivity contribution < 1.29 is 8.42 Å². The van der Waals surface area contributed by atoms with Crippen LogP contribution < -0.4 is 10.0 Å². The van der Waals surface area contributed by atoms with E-state index in [9.17, 15) is 8.42 Å². The molecule has 0 radical (unpaired) electrons. The maximum atomic E-state index is 12.3. The number of aryl methyl sites for hydroxylation is 1. The van der Waals surface area contributed by atoms with Crippen molar-refractivity contribution in [3.05, 3.63) is 18.0 Å². The third kappa shape index (κ3) is 4.29. The predicted molar refractivity (Wildman–Crippen MR) is 83.7 cm³/mol. The second-order valence-electron chi connectivity index (χ2n) is 5.59. The Hall–Kier alpha value is -0.890. The fraction of sp³-hybridized carbons (Fsp3) is 0.714. The van der Waals surface area contributed by atoms with Crippen LogP contribution >= 0.6 is 0 Å². The Morgan fingerprint density at radius 2 is 2.14 bits per heavy atom. The van der Waals surface area contributed by atoms with Crippen LogP contribution in [0.3, 0.4) is 0 Å². The molecular formula is C14H26N4O2S. The van der Waals surface area contributed by atoms with Gasteiger partial charge in [-0.1, -0.05) is 0 Å². The molecule has 1 fully saturated rings. The molecule has 0 aliphatic heterocycles. The van der Waals surface area contributed by atoms with Crippen LogP contribution in [0.4, 0.5) is 0 Å². The van der Waals surface area contributed by atoms with Gasteiger partial charge in [0, 0.05) is 44.1 Å². The SMILES string of the molecule is CCn1cc(S(=O)(=O)NCCN(C)C2CC2)cc1CNC. The summed E-state index contributed by atoms with van der Waals surface area (Å²) in [6.45, 7) is 4.63. The van der Waals surface area contributed by atoms with Crippen molar-refractivity contribution in [1.82, 2.24) is 19.5 Å². The molecular weight excluding hydrogens is 288 g/mol. The molecule has 0 spiro atoms. The fourth-order valence-electron chi connectivity index (χ4n) is 2.43. The second kappa shape index (κ2) is 6.91. The van der Waals surface area contributed by atoms with Crippen molar-refractivity contribution >= 4 is 10.0 Å². The van der Waals surface area contributed by atoms with Crippen LogP contribution in [0.25, 0.3) is 0 Å². The number of aromatic nitrogens is 1. The van der Waals surface area contributed by atoms with E-state index >= 15 is 0 Å². The summed E-state index contributed by atoms with van der Waals surface area (Å²) in [5.41, 5.74) is 0.982. The molecule has 0 aromatic carbocycles. The van der Waals surface area contributed by atoms with Gasteiger partial charge in [0.1, 0.15) is 0 Å². The summed E-state index contributed by atoms with van der Waals surface area (Å²) in [5, 5.41) is 3.06. The zero-order valence-electron chi connectivity index (χ0n) is 13.1. The lowest BCUT2D eigenvalue weighted by Gasteiger charge is -2.15. The monoisotopic (exact) mass is 314 g/mol. The van der Waals surface area contributed by atoms with Crippen LogP contribution in [0.1, 0.15) is 25.5 Å². The Morgan fingerprint density at radius 1 is 1.43 bits per heavy atom. The van der Waals surface area contributed by atoms with Crippen LogP contribution in [-0.4, -0.2) is 51.1 Å². The maximum absolute atomic E-state index is 12.3. The van der Waals surface area contributed by atoms with Crippen LogP contribution in [-0.2, 0) is 23.1 Å². The van der Waals surface area contributed by atoms with E-state index < -0.39 is 10.0 Å². The van der Waals surface area contributed by atoms with Crippen molar-refractivity contribution in [1.29, 1.82) is 0 Å². The van der Waals surface area contributed by atoms with E-state index in [1.54, 1.807) is 12.3 Å². The summed E-state index contributed by atoms with van der Waals surface area (Å²) in [7, 11) is 0.484.